The van der Waals surface area contributed by atoms with Gasteiger partial charge in [-0.05, 0) is 62.6 Å². The number of Topliss-reactive ketones (excluding diaryl/α,β-unsaturated/α-hetero) is 1. The molecule has 2 aromatic rings. The van der Waals surface area contributed by atoms with Crippen LogP contribution in [0.3, 0.4) is 0 Å². The predicted molar refractivity (Wildman–Crippen MR) is 98.9 cm³/mol. The zero-order valence-electron chi connectivity index (χ0n) is 14.6. The lowest BCUT2D eigenvalue weighted by Gasteiger charge is -2.17. The Kier molecular flexibility index (Phi) is 4.82. The molecule has 1 amide bonds. The van der Waals surface area contributed by atoms with E-state index in [-0.39, 0.29) is 0 Å². The maximum atomic E-state index is 12.2. The average Bonchev–Trinajstić information content (AvgIpc) is 2.80. The summed E-state index contributed by atoms with van der Waals surface area (Å²) in [6.45, 7) is 6.70. The maximum absolute atomic E-state index is 12.2. The van der Waals surface area contributed by atoms with Crippen LogP contribution in [0, 0.1) is 20.8 Å². The van der Waals surface area contributed by atoms with Crippen molar-refractivity contribution in [2.24, 2.45) is 0 Å². The molecule has 25 heavy (non-hydrogen) atoms. The Morgan fingerprint density at radius 2 is 1.72 bits per heavy atom. The van der Waals surface area contributed by atoms with Crippen molar-refractivity contribution in [2.75, 3.05) is 18.1 Å². The van der Waals surface area contributed by atoms with Crippen molar-refractivity contribution in [1.29, 1.82) is 0 Å². The number of ketones is 1. The van der Waals surface area contributed by atoms with E-state index in [0.29, 0.717) is 30.8 Å². The summed E-state index contributed by atoms with van der Waals surface area (Å²) in [6.07, 6.45) is 0.632. The van der Waals surface area contributed by atoms with E-state index in [1.54, 1.807) is 11.0 Å². The second-order valence-electron chi connectivity index (χ2n) is 6.38. The molecule has 0 saturated heterocycles. The van der Waals surface area contributed by atoms with E-state index in [9.17, 15) is 9.59 Å². The second-order valence-corrected chi connectivity index (χ2v) is 6.76. The van der Waals surface area contributed by atoms with Crippen LogP contribution < -0.4 is 9.64 Å². The Labute approximate surface area is 152 Å². The first kappa shape index (κ1) is 17.5. The van der Waals surface area contributed by atoms with E-state index >= 15 is 0 Å². The van der Waals surface area contributed by atoms with Crippen LogP contribution in [0.15, 0.2) is 30.3 Å². The number of halogens is 1. The summed E-state index contributed by atoms with van der Waals surface area (Å²) in [5.74, 6) is -0.124. The zero-order valence-corrected chi connectivity index (χ0v) is 15.3. The van der Waals surface area contributed by atoms with Gasteiger partial charge in [0.25, 0.3) is 11.7 Å². The number of amides is 1. The highest BCUT2D eigenvalue weighted by atomic mass is 35.5. The zero-order chi connectivity index (χ0) is 18.1. The number of anilines is 1. The van der Waals surface area contributed by atoms with Crippen molar-refractivity contribution in [3.05, 3.63) is 57.6 Å². The highest BCUT2D eigenvalue weighted by Gasteiger charge is 2.35. The van der Waals surface area contributed by atoms with Gasteiger partial charge in [-0.15, -0.1) is 0 Å². The Morgan fingerprint density at radius 1 is 1.04 bits per heavy atom. The van der Waals surface area contributed by atoms with Gasteiger partial charge in [0, 0.05) is 11.6 Å². The number of nitrogens with zero attached hydrogens (tertiary/aromatic N) is 1. The second kappa shape index (κ2) is 6.89. The fourth-order valence-corrected chi connectivity index (χ4v) is 3.15. The highest BCUT2D eigenvalue weighted by Crippen LogP contribution is 2.30. The molecule has 1 aliphatic heterocycles. The molecule has 1 aliphatic rings. The largest absolute Gasteiger partial charge is 0.494 e. The van der Waals surface area contributed by atoms with Gasteiger partial charge in [-0.25, -0.2) is 0 Å². The van der Waals surface area contributed by atoms with Crippen LogP contribution in [0.2, 0.25) is 5.02 Å². The third kappa shape index (κ3) is 3.40. The molecule has 3 rings (SSSR count). The highest BCUT2D eigenvalue weighted by molar-refractivity contribution is 6.52. The molecule has 0 unspecified atom stereocenters. The van der Waals surface area contributed by atoms with Gasteiger partial charge in [-0.1, -0.05) is 23.2 Å². The standard InChI is InChI=1S/C20H20ClNO3/c1-12-5-6-17-16(9-12)19(23)20(24)22(17)7-4-8-25-15-10-13(2)18(21)14(3)11-15/h5-6,9-11H,4,7-8H2,1-3H3. The number of benzene rings is 2. The van der Waals surface area contributed by atoms with Crippen molar-refractivity contribution in [2.45, 2.75) is 27.2 Å². The van der Waals surface area contributed by atoms with Crippen LogP contribution in [0.4, 0.5) is 5.69 Å². The SMILES string of the molecule is Cc1ccc2c(c1)C(=O)C(=O)N2CCCOc1cc(C)c(Cl)c(C)c1. The lowest BCUT2D eigenvalue weighted by atomic mass is 10.1. The number of rotatable bonds is 5. The molecule has 130 valence electrons. The molecule has 0 spiro atoms. The lowest BCUT2D eigenvalue weighted by Crippen LogP contribution is -2.31. The molecule has 0 atom stereocenters. The number of ether oxygens (including phenoxy) is 1. The molecule has 0 bridgehead atoms. The molecule has 0 aromatic heterocycles. The Bertz CT molecular complexity index is 837. The topological polar surface area (TPSA) is 46.6 Å². The van der Waals surface area contributed by atoms with Crippen LogP contribution in [0.5, 0.6) is 5.75 Å². The Hall–Kier alpha value is -2.33. The number of carbonyl (C=O) groups excluding carboxylic acids is 2. The fourth-order valence-electron chi connectivity index (χ4n) is 3.04. The van der Waals surface area contributed by atoms with Gasteiger partial charge in [-0.3, -0.25) is 9.59 Å². The molecule has 0 fully saturated rings. The molecular weight excluding hydrogens is 338 g/mol. The Balaban J connectivity index is 1.62. The summed E-state index contributed by atoms with van der Waals surface area (Å²) in [7, 11) is 0. The van der Waals surface area contributed by atoms with E-state index in [0.717, 1.165) is 27.5 Å². The third-order valence-electron chi connectivity index (χ3n) is 4.33. The first-order chi connectivity index (χ1) is 11.9. The van der Waals surface area contributed by atoms with Gasteiger partial charge >= 0.3 is 0 Å². The summed E-state index contributed by atoms with van der Waals surface area (Å²) in [6, 6.07) is 9.31. The predicted octanol–water partition coefficient (Wildman–Crippen LogP) is 4.26. The minimum absolute atomic E-state index is 0.427. The summed E-state index contributed by atoms with van der Waals surface area (Å²) in [5.41, 5.74) is 4.11. The summed E-state index contributed by atoms with van der Waals surface area (Å²) in [4.78, 5) is 25.8. The van der Waals surface area contributed by atoms with Crippen LogP contribution in [-0.2, 0) is 4.79 Å². The van der Waals surface area contributed by atoms with E-state index in [4.69, 9.17) is 16.3 Å². The lowest BCUT2D eigenvalue weighted by molar-refractivity contribution is -0.114. The third-order valence-corrected chi connectivity index (χ3v) is 4.93. The molecule has 0 N–H and O–H groups in total. The first-order valence-electron chi connectivity index (χ1n) is 8.25. The number of hydrogen-bond acceptors (Lipinski definition) is 3. The number of fused-ring (bicyclic) bond motifs is 1. The average molecular weight is 358 g/mol. The van der Waals surface area contributed by atoms with Crippen molar-refractivity contribution >= 4 is 29.0 Å². The van der Waals surface area contributed by atoms with Gasteiger partial charge in [0.15, 0.2) is 0 Å². The van der Waals surface area contributed by atoms with Gasteiger partial charge in [-0.2, -0.15) is 0 Å². The molecule has 4 nitrogen and oxygen atoms in total. The smallest absolute Gasteiger partial charge is 0.299 e. The number of hydrogen-bond donors (Lipinski definition) is 0. The minimum Gasteiger partial charge on any atom is -0.494 e. The van der Waals surface area contributed by atoms with Gasteiger partial charge in [0.1, 0.15) is 5.75 Å². The molecule has 0 aliphatic carbocycles. The summed E-state index contributed by atoms with van der Waals surface area (Å²) in [5, 5.41) is 0.750. The van der Waals surface area contributed by atoms with E-state index in [2.05, 4.69) is 0 Å². The number of carbonyl (C=O) groups is 2. The fraction of sp³-hybridized carbons (Fsp3) is 0.300. The van der Waals surface area contributed by atoms with Crippen LogP contribution in [0.25, 0.3) is 0 Å². The summed E-state index contributed by atoms with van der Waals surface area (Å²) < 4.78 is 5.77. The molecular formula is C20H20ClNO3. The molecule has 5 heteroatoms. The van der Waals surface area contributed by atoms with E-state index in [1.807, 2.05) is 45.0 Å². The molecule has 0 radical (unpaired) electrons. The molecule has 2 aromatic carbocycles. The van der Waals surface area contributed by atoms with Crippen molar-refractivity contribution in [3.63, 3.8) is 0 Å². The summed E-state index contributed by atoms with van der Waals surface area (Å²) >= 11 is 6.15. The van der Waals surface area contributed by atoms with E-state index < -0.39 is 11.7 Å². The van der Waals surface area contributed by atoms with Crippen molar-refractivity contribution in [3.8, 4) is 5.75 Å². The quantitative estimate of drug-likeness (QED) is 0.593. The molecule has 0 saturated carbocycles. The van der Waals surface area contributed by atoms with Crippen LogP contribution >= 0.6 is 11.6 Å². The van der Waals surface area contributed by atoms with Crippen LogP contribution in [0.1, 0.15) is 33.5 Å². The van der Waals surface area contributed by atoms with Gasteiger partial charge < -0.3 is 9.64 Å². The van der Waals surface area contributed by atoms with Gasteiger partial charge in [0.2, 0.25) is 0 Å². The van der Waals surface area contributed by atoms with Gasteiger partial charge in [0.05, 0.1) is 17.9 Å². The van der Waals surface area contributed by atoms with Crippen LogP contribution in [-0.4, -0.2) is 24.8 Å². The molecule has 1 heterocycles. The van der Waals surface area contributed by atoms with Crippen molar-refractivity contribution < 1.29 is 14.3 Å². The minimum atomic E-state index is -0.459. The van der Waals surface area contributed by atoms with E-state index in [1.165, 1.54) is 0 Å². The number of aryl methyl sites for hydroxylation is 3. The van der Waals surface area contributed by atoms with Crippen molar-refractivity contribution in [1.82, 2.24) is 0 Å². The Morgan fingerprint density at radius 3 is 2.40 bits per heavy atom. The monoisotopic (exact) mass is 357 g/mol. The normalized spacial score (nSPS) is 13.4. The maximum Gasteiger partial charge on any atom is 0.299 e. The first-order valence-corrected chi connectivity index (χ1v) is 8.62.